The number of carboxylic acids is 1. The van der Waals surface area contributed by atoms with E-state index in [4.69, 9.17) is 4.42 Å². The number of carboxylic acid groups (broad SMARTS) is 1. The molecule has 1 spiro atoms. The molecule has 2 amide bonds. The van der Waals surface area contributed by atoms with Crippen LogP contribution in [0.3, 0.4) is 0 Å². The molecule has 1 N–H and O–H groups in total. The molecule has 1 saturated carbocycles. The molecule has 0 aromatic carbocycles. The van der Waals surface area contributed by atoms with Crippen molar-refractivity contribution in [3.05, 3.63) is 24.2 Å². The molecule has 2 atom stereocenters. The Labute approximate surface area is 151 Å². The first-order valence-electron chi connectivity index (χ1n) is 9.38. The minimum atomic E-state index is -0.715. The second kappa shape index (κ2) is 6.45. The Kier molecular flexibility index (Phi) is 4.25. The van der Waals surface area contributed by atoms with Crippen molar-refractivity contribution in [2.45, 2.75) is 44.6 Å². The van der Waals surface area contributed by atoms with Gasteiger partial charge in [0.25, 0.3) is 5.91 Å². The zero-order valence-corrected chi connectivity index (χ0v) is 14.7. The maximum atomic E-state index is 13.1. The molecule has 26 heavy (non-hydrogen) atoms. The van der Waals surface area contributed by atoms with Gasteiger partial charge in [0.1, 0.15) is 6.04 Å². The zero-order valence-electron chi connectivity index (χ0n) is 14.7. The normalized spacial score (nSPS) is 27.4. The molecule has 3 aliphatic rings. The van der Waals surface area contributed by atoms with Crippen molar-refractivity contribution >= 4 is 17.8 Å². The summed E-state index contributed by atoms with van der Waals surface area (Å²) in [5, 5.41) is 9.20. The van der Waals surface area contributed by atoms with Gasteiger partial charge < -0.3 is 19.3 Å². The number of hydrogen-bond acceptors (Lipinski definition) is 4. The van der Waals surface area contributed by atoms with Crippen LogP contribution < -0.4 is 0 Å². The van der Waals surface area contributed by atoms with Crippen LogP contribution in [0.5, 0.6) is 0 Å². The fourth-order valence-corrected chi connectivity index (χ4v) is 4.61. The van der Waals surface area contributed by atoms with E-state index in [0.717, 1.165) is 32.1 Å². The van der Waals surface area contributed by atoms with Crippen LogP contribution in [-0.4, -0.2) is 58.4 Å². The first-order chi connectivity index (χ1) is 12.5. The van der Waals surface area contributed by atoms with E-state index in [1.165, 1.54) is 6.26 Å². The Morgan fingerprint density at radius 2 is 1.92 bits per heavy atom. The van der Waals surface area contributed by atoms with Crippen LogP contribution >= 0.6 is 0 Å². The van der Waals surface area contributed by atoms with E-state index in [2.05, 4.69) is 0 Å². The fraction of sp³-hybridized carbons (Fsp3) is 0.632. The molecule has 1 aromatic heterocycles. The molecule has 3 heterocycles. The maximum Gasteiger partial charge on any atom is 0.307 e. The van der Waals surface area contributed by atoms with E-state index in [9.17, 15) is 19.5 Å². The molecule has 1 aromatic rings. The summed E-state index contributed by atoms with van der Waals surface area (Å²) in [5.74, 6) is -0.926. The summed E-state index contributed by atoms with van der Waals surface area (Å²) in [7, 11) is 0. The van der Waals surface area contributed by atoms with Gasteiger partial charge in [0.2, 0.25) is 5.91 Å². The lowest BCUT2D eigenvalue weighted by Gasteiger charge is -2.40. The number of piperidine rings is 2. The number of likely N-dealkylation sites (tertiary alicyclic amines) is 2. The van der Waals surface area contributed by atoms with Gasteiger partial charge in [-0.3, -0.25) is 14.4 Å². The number of amides is 2. The lowest BCUT2D eigenvalue weighted by Crippen LogP contribution is -2.54. The number of carbonyl (C=O) groups is 3. The molecular weight excluding hydrogens is 336 g/mol. The minimum absolute atomic E-state index is 0.00742. The van der Waals surface area contributed by atoms with E-state index in [1.54, 1.807) is 17.0 Å². The van der Waals surface area contributed by atoms with Gasteiger partial charge in [0, 0.05) is 19.6 Å². The predicted molar refractivity (Wildman–Crippen MR) is 91.4 cm³/mol. The van der Waals surface area contributed by atoms with E-state index in [-0.39, 0.29) is 28.9 Å². The third-order valence-corrected chi connectivity index (χ3v) is 6.34. The summed E-state index contributed by atoms with van der Waals surface area (Å²) in [6.07, 6.45) is 6.17. The van der Waals surface area contributed by atoms with Gasteiger partial charge in [-0.25, -0.2) is 0 Å². The van der Waals surface area contributed by atoms with Gasteiger partial charge in [-0.05, 0) is 56.1 Å². The Bertz CT molecular complexity index is 706. The van der Waals surface area contributed by atoms with Crippen LogP contribution in [0.25, 0.3) is 0 Å². The molecule has 2 unspecified atom stereocenters. The zero-order chi connectivity index (χ0) is 18.3. The van der Waals surface area contributed by atoms with Crippen LogP contribution in [0.15, 0.2) is 22.8 Å². The van der Waals surface area contributed by atoms with Crippen LogP contribution in [0.4, 0.5) is 0 Å². The smallest absolute Gasteiger partial charge is 0.307 e. The Morgan fingerprint density at radius 1 is 1.15 bits per heavy atom. The predicted octanol–water partition coefficient (Wildman–Crippen LogP) is 1.99. The van der Waals surface area contributed by atoms with Gasteiger partial charge in [-0.2, -0.15) is 0 Å². The lowest BCUT2D eigenvalue weighted by molar-refractivity contribution is -0.140. The van der Waals surface area contributed by atoms with Crippen molar-refractivity contribution < 1.29 is 23.9 Å². The summed E-state index contributed by atoms with van der Waals surface area (Å²) in [4.78, 5) is 40.4. The third kappa shape index (κ3) is 2.89. The number of aliphatic carboxylic acids is 1. The summed E-state index contributed by atoms with van der Waals surface area (Å²) >= 11 is 0. The molecule has 0 bridgehead atoms. The number of hydrogen-bond donors (Lipinski definition) is 1. The highest BCUT2D eigenvalue weighted by atomic mass is 16.4. The van der Waals surface area contributed by atoms with Crippen LogP contribution in [0.1, 0.15) is 49.1 Å². The van der Waals surface area contributed by atoms with E-state index in [1.807, 2.05) is 4.90 Å². The highest BCUT2D eigenvalue weighted by molar-refractivity contribution is 5.95. The van der Waals surface area contributed by atoms with Crippen molar-refractivity contribution in [1.29, 1.82) is 0 Å². The lowest BCUT2D eigenvalue weighted by atomic mass is 9.90. The van der Waals surface area contributed by atoms with E-state index in [0.29, 0.717) is 26.1 Å². The second-order valence-electron chi connectivity index (χ2n) is 7.77. The minimum Gasteiger partial charge on any atom is -0.481 e. The topological polar surface area (TPSA) is 91.1 Å². The summed E-state index contributed by atoms with van der Waals surface area (Å²) < 4.78 is 5.22. The number of furan rings is 1. The standard InChI is InChI=1S/C19H24N2O5/c22-16(20-9-6-19(7-10-20)12-13(19)18(24)25)14-4-1-2-8-21(14)17(23)15-5-3-11-26-15/h3,5,11,13-14H,1-2,4,6-10,12H2,(H,24,25). The molecular formula is C19H24N2O5. The Morgan fingerprint density at radius 3 is 2.54 bits per heavy atom. The maximum absolute atomic E-state index is 13.1. The summed E-state index contributed by atoms with van der Waals surface area (Å²) in [6, 6.07) is 2.86. The van der Waals surface area contributed by atoms with Crippen LogP contribution in [0.2, 0.25) is 0 Å². The number of nitrogens with zero attached hydrogens (tertiary/aromatic N) is 2. The molecule has 2 saturated heterocycles. The monoisotopic (exact) mass is 360 g/mol. The van der Waals surface area contributed by atoms with Gasteiger partial charge in [-0.1, -0.05) is 0 Å². The average Bonchev–Trinajstić information content (AvgIpc) is 3.10. The quantitative estimate of drug-likeness (QED) is 0.890. The molecule has 2 aliphatic heterocycles. The first-order valence-corrected chi connectivity index (χ1v) is 9.38. The number of rotatable bonds is 3. The van der Waals surface area contributed by atoms with Gasteiger partial charge in [0.15, 0.2) is 5.76 Å². The first kappa shape index (κ1) is 17.1. The fourth-order valence-electron chi connectivity index (χ4n) is 4.61. The summed E-state index contributed by atoms with van der Waals surface area (Å²) in [6.45, 7) is 1.73. The second-order valence-corrected chi connectivity index (χ2v) is 7.77. The molecule has 3 fully saturated rings. The summed E-state index contributed by atoms with van der Waals surface area (Å²) in [5.41, 5.74) is -0.0984. The Hall–Kier alpha value is -2.31. The highest BCUT2D eigenvalue weighted by Gasteiger charge is 2.59. The van der Waals surface area contributed by atoms with Crippen molar-refractivity contribution in [2.75, 3.05) is 19.6 Å². The molecule has 7 heteroatoms. The Balaban J connectivity index is 1.42. The van der Waals surface area contributed by atoms with Crippen molar-refractivity contribution in [3.63, 3.8) is 0 Å². The third-order valence-electron chi connectivity index (χ3n) is 6.34. The molecule has 4 rings (SSSR count). The van der Waals surface area contributed by atoms with Gasteiger partial charge in [-0.15, -0.1) is 0 Å². The van der Waals surface area contributed by atoms with Gasteiger partial charge >= 0.3 is 5.97 Å². The molecule has 140 valence electrons. The van der Waals surface area contributed by atoms with Crippen molar-refractivity contribution in [1.82, 2.24) is 9.80 Å². The van der Waals surface area contributed by atoms with Crippen LogP contribution in [0, 0.1) is 11.3 Å². The largest absolute Gasteiger partial charge is 0.481 e. The van der Waals surface area contributed by atoms with E-state index < -0.39 is 12.0 Å². The van der Waals surface area contributed by atoms with E-state index >= 15 is 0 Å². The number of carbonyl (C=O) groups excluding carboxylic acids is 2. The molecule has 7 nitrogen and oxygen atoms in total. The van der Waals surface area contributed by atoms with Gasteiger partial charge in [0.05, 0.1) is 12.2 Å². The SMILES string of the molecule is O=C(O)C1CC12CCN(C(=O)C1CCCCN1C(=O)c1ccco1)CC2. The molecule has 1 aliphatic carbocycles. The van der Waals surface area contributed by atoms with Crippen molar-refractivity contribution in [2.24, 2.45) is 11.3 Å². The average molecular weight is 360 g/mol. The van der Waals surface area contributed by atoms with Crippen molar-refractivity contribution in [3.8, 4) is 0 Å². The van der Waals surface area contributed by atoms with Crippen LogP contribution in [-0.2, 0) is 9.59 Å². The highest BCUT2D eigenvalue weighted by Crippen LogP contribution is 2.59. The molecule has 0 radical (unpaired) electrons.